The van der Waals surface area contributed by atoms with Crippen LogP contribution in [0.2, 0.25) is 10.0 Å². The molecule has 2 aromatic heterocycles. The van der Waals surface area contributed by atoms with Gasteiger partial charge in [0.15, 0.2) is 11.6 Å². The molecule has 0 radical (unpaired) electrons. The van der Waals surface area contributed by atoms with Crippen LogP contribution >= 0.6 is 23.2 Å². The number of nitrogen functional groups attached to an aromatic ring is 1. The van der Waals surface area contributed by atoms with Crippen LogP contribution in [0.3, 0.4) is 0 Å². The van der Waals surface area contributed by atoms with Crippen LogP contribution in [0.15, 0.2) is 36.8 Å². The van der Waals surface area contributed by atoms with Crippen LogP contribution in [-0.2, 0) is 4.74 Å². The third-order valence-electron chi connectivity index (χ3n) is 6.71. The topological polar surface area (TPSA) is 75.2 Å². The van der Waals surface area contributed by atoms with E-state index >= 15 is 0 Å². The van der Waals surface area contributed by atoms with Gasteiger partial charge in [-0.1, -0.05) is 37.0 Å². The lowest BCUT2D eigenvalue weighted by molar-refractivity contribution is -0.141. The first-order valence-electron chi connectivity index (χ1n) is 12.1. The Bertz CT molecular complexity index is 1180. The third-order valence-corrected chi connectivity index (χ3v) is 7.43. The largest absolute Gasteiger partial charge is 0.482 e. The molecule has 3 heterocycles. The van der Waals surface area contributed by atoms with E-state index < -0.39 is 11.9 Å². The Morgan fingerprint density at radius 2 is 2.00 bits per heavy atom. The summed E-state index contributed by atoms with van der Waals surface area (Å²) in [6, 6.07) is 4.80. The molecule has 1 saturated carbocycles. The molecule has 1 spiro atoms. The van der Waals surface area contributed by atoms with Gasteiger partial charge in [0.1, 0.15) is 11.9 Å². The Labute approximate surface area is 215 Å². The van der Waals surface area contributed by atoms with Crippen molar-refractivity contribution in [2.75, 3.05) is 12.3 Å². The fourth-order valence-electron chi connectivity index (χ4n) is 4.71. The van der Waals surface area contributed by atoms with Gasteiger partial charge in [-0.2, -0.15) is 5.10 Å². The highest BCUT2D eigenvalue weighted by molar-refractivity contribution is 6.36. The lowest BCUT2D eigenvalue weighted by atomic mass is 9.74. The molecule has 2 aliphatic rings. The van der Waals surface area contributed by atoms with Crippen molar-refractivity contribution in [3.05, 3.63) is 58.2 Å². The molecule has 2 N–H and O–H groups in total. The second-order valence-corrected chi connectivity index (χ2v) is 9.65. The van der Waals surface area contributed by atoms with E-state index in [0.717, 1.165) is 43.4 Å². The molecule has 1 aliphatic heterocycles. The maximum absolute atomic E-state index is 14.0. The summed E-state index contributed by atoms with van der Waals surface area (Å²) in [6.45, 7) is 6.50. The van der Waals surface area contributed by atoms with Crippen molar-refractivity contribution >= 4 is 29.0 Å². The van der Waals surface area contributed by atoms with Crippen molar-refractivity contribution in [1.82, 2.24) is 14.8 Å². The van der Waals surface area contributed by atoms with Gasteiger partial charge in [-0.15, -0.1) is 0 Å². The number of anilines is 1. The van der Waals surface area contributed by atoms with Crippen molar-refractivity contribution < 1.29 is 13.9 Å². The first kappa shape index (κ1) is 25.7. The van der Waals surface area contributed by atoms with Crippen LogP contribution in [0, 0.1) is 5.82 Å². The van der Waals surface area contributed by atoms with Gasteiger partial charge in [-0.25, -0.2) is 9.37 Å². The molecule has 0 amide bonds. The van der Waals surface area contributed by atoms with Gasteiger partial charge in [-0.05, 0) is 57.2 Å². The zero-order valence-electron chi connectivity index (χ0n) is 20.2. The molecule has 2 unspecified atom stereocenters. The molecule has 1 aliphatic carbocycles. The molecule has 9 heteroatoms. The Hall–Kier alpha value is -2.35. The van der Waals surface area contributed by atoms with E-state index in [1.54, 1.807) is 19.2 Å². The van der Waals surface area contributed by atoms with Crippen molar-refractivity contribution in [3.8, 4) is 16.9 Å². The fourth-order valence-corrected chi connectivity index (χ4v) is 5.38. The first-order chi connectivity index (χ1) is 16.8. The van der Waals surface area contributed by atoms with Crippen molar-refractivity contribution in [2.24, 2.45) is 0 Å². The molecule has 188 valence electrons. The van der Waals surface area contributed by atoms with Crippen LogP contribution in [0.25, 0.3) is 11.1 Å². The summed E-state index contributed by atoms with van der Waals surface area (Å²) in [6.07, 6.45) is 10.4. The van der Waals surface area contributed by atoms with E-state index in [1.807, 2.05) is 30.9 Å². The Morgan fingerprint density at radius 1 is 1.23 bits per heavy atom. The molecule has 2 fully saturated rings. The highest BCUT2D eigenvalue weighted by atomic mass is 35.5. The minimum atomic E-state index is -0.635. The molecule has 0 bridgehead atoms. The van der Waals surface area contributed by atoms with E-state index in [0.29, 0.717) is 22.4 Å². The Kier molecular flexibility index (Phi) is 7.89. The smallest absolute Gasteiger partial charge is 0.166 e. The number of hydrogen-bond donors (Lipinski definition) is 1. The van der Waals surface area contributed by atoms with Crippen LogP contribution in [0.5, 0.6) is 5.75 Å². The second kappa shape index (κ2) is 10.7. The molecule has 2 atom stereocenters. The summed E-state index contributed by atoms with van der Waals surface area (Å²) in [7, 11) is 0. The molecule has 1 aromatic carbocycles. The molecule has 5 rings (SSSR count). The predicted molar refractivity (Wildman–Crippen MR) is 137 cm³/mol. The van der Waals surface area contributed by atoms with Gasteiger partial charge in [0.25, 0.3) is 0 Å². The number of benzene rings is 1. The van der Waals surface area contributed by atoms with Gasteiger partial charge in [0.05, 0.1) is 22.9 Å². The summed E-state index contributed by atoms with van der Waals surface area (Å²) in [5, 5.41) is 4.87. The first-order valence-corrected chi connectivity index (χ1v) is 12.8. The minimum absolute atomic E-state index is 0.0500. The number of nitrogens with zero attached hydrogens (tertiary/aromatic N) is 3. The zero-order chi connectivity index (χ0) is 25.2. The van der Waals surface area contributed by atoms with Gasteiger partial charge in [0, 0.05) is 40.7 Å². The third kappa shape index (κ3) is 5.27. The lowest BCUT2D eigenvalue weighted by Crippen LogP contribution is -2.46. The van der Waals surface area contributed by atoms with E-state index in [2.05, 4.69) is 10.1 Å². The van der Waals surface area contributed by atoms with E-state index in [1.165, 1.54) is 18.6 Å². The highest BCUT2D eigenvalue weighted by Gasteiger charge is 2.43. The Morgan fingerprint density at radius 3 is 2.71 bits per heavy atom. The van der Waals surface area contributed by atoms with Crippen molar-refractivity contribution in [2.45, 2.75) is 70.6 Å². The summed E-state index contributed by atoms with van der Waals surface area (Å²) in [5.74, 6) is 0.0252. The van der Waals surface area contributed by atoms with Gasteiger partial charge < -0.3 is 15.2 Å². The summed E-state index contributed by atoms with van der Waals surface area (Å²) in [5.41, 5.74) is 8.21. The summed E-state index contributed by atoms with van der Waals surface area (Å²) < 4.78 is 28.0. The van der Waals surface area contributed by atoms with E-state index in [-0.39, 0.29) is 16.4 Å². The van der Waals surface area contributed by atoms with E-state index in [9.17, 15) is 4.39 Å². The number of rotatable bonds is 5. The highest BCUT2D eigenvalue weighted by Crippen LogP contribution is 2.45. The number of aromatic nitrogens is 3. The predicted octanol–water partition coefficient (Wildman–Crippen LogP) is 7.41. The lowest BCUT2D eigenvalue weighted by Gasteiger charge is -2.47. The van der Waals surface area contributed by atoms with E-state index in [4.69, 9.17) is 38.4 Å². The number of nitrogens with two attached hydrogens (primary N) is 1. The quantitative estimate of drug-likeness (QED) is 0.354. The van der Waals surface area contributed by atoms with Crippen LogP contribution in [0.4, 0.5) is 10.2 Å². The standard InChI is InChI=1S/C24H25Cl2FN4O2.C2H6/c1-14(21-18(25)3-4-19(27)22(21)26)33-20-9-15(11-29-23(20)28)16-12-30-31(13-16)17-5-8-32-24(10-17)6-2-7-24;1-2/h3-4,9,11-14,17H,2,5-8,10H2,1H3,(H2,28,29);1-2H3. The van der Waals surface area contributed by atoms with Crippen molar-refractivity contribution in [3.63, 3.8) is 0 Å². The number of pyridine rings is 1. The summed E-state index contributed by atoms with van der Waals surface area (Å²) >= 11 is 12.4. The molecular weight excluding hydrogens is 490 g/mol. The maximum atomic E-state index is 14.0. The summed E-state index contributed by atoms with van der Waals surface area (Å²) in [4.78, 5) is 4.29. The molecule has 6 nitrogen and oxygen atoms in total. The SMILES string of the molecule is CC.CC(Oc1cc(-c2cnn(C3CCOC4(CCC4)C3)c2)cnc1N)c1c(Cl)ccc(F)c1Cl. The number of hydrogen-bond acceptors (Lipinski definition) is 5. The monoisotopic (exact) mass is 520 g/mol. The average Bonchev–Trinajstić information content (AvgIpc) is 3.34. The maximum Gasteiger partial charge on any atom is 0.166 e. The second-order valence-electron chi connectivity index (χ2n) is 8.86. The van der Waals surface area contributed by atoms with Gasteiger partial charge in [-0.3, -0.25) is 4.68 Å². The number of halogens is 3. The van der Waals surface area contributed by atoms with Crippen LogP contribution in [0.1, 0.15) is 70.6 Å². The number of ether oxygens (including phenoxy) is 2. The Balaban J connectivity index is 0.00000141. The van der Waals surface area contributed by atoms with Gasteiger partial charge >= 0.3 is 0 Å². The van der Waals surface area contributed by atoms with Crippen LogP contribution in [-0.4, -0.2) is 27.0 Å². The normalized spacial score (nSPS) is 19.4. The average molecular weight is 521 g/mol. The van der Waals surface area contributed by atoms with Gasteiger partial charge in [0.2, 0.25) is 0 Å². The van der Waals surface area contributed by atoms with Crippen molar-refractivity contribution in [1.29, 1.82) is 0 Å². The fraction of sp³-hybridized carbons (Fsp3) is 0.462. The zero-order valence-corrected chi connectivity index (χ0v) is 21.7. The molecule has 3 aromatic rings. The van der Waals surface area contributed by atoms with Crippen LogP contribution < -0.4 is 10.5 Å². The minimum Gasteiger partial charge on any atom is -0.482 e. The molecular formula is C26H31Cl2FN4O2. The molecule has 35 heavy (non-hydrogen) atoms. The molecule has 1 saturated heterocycles.